The van der Waals surface area contributed by atoms with E-state index < -0.39 is 0 Å². The summed E-state index contributed by atoms with van der Waals surface area (Å²) >= 11 is 4.64. The Hall–Kier alpha value is -1.35. The third-order valence-electron chi connectivity index (χ3n) is 4.56. The maximum absolute atomic E-state index is 11.3. The number of ketones is 2. The van der Waals surface area contributed by atoms with Crippen LogP contribution >= 0.6 is 11.6 Å². The van der Waals surface area contributed by atoms with E-state index in [1.54, 1.807) is 6.92 Å². The molecule has 0 rings (SSSR count). The average Bonchev–Trinajstić information content (AvgIpc) is 2.59. The zero-order valence-corrected chi connectivity index (χ0v) is 23.6. The molecule has 0 aromatic heterocycles. The summed E-state index contributed by atoms with van der Waals surface area (Å²) in [5.41, 5.74) is 5.61. The van der Waals surface area contributed by atoms with Gasteiger partial charge in [-0.1, -0.05) is 0 Å². The minimum atomic E-state index is -0.361. The Morgan fingerprint density at radius 3 is 1.36 bits per heavy atom. The van der Waals surface area contributed by atoms with Crippen LogP contribution in [0.3, 0.4) is 0 Å². The van der Waals surface area contributed by atoms with Gasteiger partial charge in [0.05, 0.1) is 67.5 Å². The number of hydrogen-bond donors (Lipinski definition) is 2. The normalized spacial score (nSPS) is 12.8. The summed E-state index contributed by atoms with van der Waals surface area (Å²) in [7, 11) is 13.0. The van der Waals surface area contributed by atoms with Gasteiger partial charge in [-0.2, -0.15) is 0 Å². The first-order valence-corrected chi connectivity index (χ1v) is 12.0. The lowest BCUT2D eigenvalue weighted by molar-refractivity contribution is -0.870. The summed E-state index contributed by atoms with van der Waals surface area (Å²) in [6.45, 7) is 8.06. The van der Waals surface area contributed by atoms with Crippen molar-refractivity contribution in [3.63, 3.8) is 0 Å². The summed E-state index contributed by atoms with van der Waals surface area (Å²) in [5, 5.41) is 2.32. The van der Waals surface area contributed by atoms with E-state index in [4.69, 9.17) is 5.73 Å². The molecule has 0 bridgehead atoms. The first-order valence-electron chi connectivity index (χ1n) is 11.6. The van der Waals surface area contributed by atoms with Crippen LogP contribution in [-0.4, -0.2) is 99.1 Å². The van der Waals surface area contributed by atoms with Gasteiger partial charge in [0.2, 0.25) is 11.1 Å². The molecule has 1 amide bonds. The number of unbranched alkanes of at least 4 members (excludes halogenated alkanes) is 2. The van der Waals surface area contributed by atoms with E-state index in [-0.39, 0.29) is 34.8 Å². The Kier molecular flexibility index (Phi) is 20.9. The maximum Gasteiger partial charge on any atom is 0.218 e. The fourth-order valence-electron chi connectivity index (χ4n) is 2.71. The van der Waals surface area contributed by atoms with E-state index in [1.165, 1.54) is 20.8 Å². The number of rotatable bonds is 13. The minimum absolute atomic E-state index is 0.0421. The Balaban J connectivity index is -0.000000476. The van der Waals surface area contributed by atoms with Crippen LogP contribution in [0.4, 0.5) is 0 Å². The maximum atomic E-state index is 11.3. The Morgan fingerprint density at radius 2 is 1.09 bits per heavy atom. The summed E-state index contributed by atoms with van der Waals surface area (Å²) < 4.78 is 1.92. The second-order valence-electron chi connectivity index (χ2n) is 10.6. The Labute approximate surface area is 207 Å². The first kappa shape index (κ1) is 36.2. The molecule has 0 spiro atoms. The van der Waals surface area contributed by atoms with E-state index in [2.05, 4.69) is 59.2 Å². The smallest absolute Gasteiger partial charge is 0.218 e. The van der Waals surface area contributed by atoms with Crippen LogP contribution in [0.15, 0.2) is 0 Å². The van der Waals surface area contributed by atoms with Gasteiger partial charge in [-0.15, -0.1) is 0 Å². The molecule has 0 aromatic rings. The lowest BCUT2D eigenvalue weighted by Crippen LogP contribution is -2.39. The van der Waals surface area contributed by atoms with Crippen molar-refractivity contribution in [2.45, 2.75) is 78.3 Å². The molecule has 0 heterocycles. The van der Waals surface area contributed by atoms with Gasteiger partial charge >= 0.3 is 0 Å². The van der Waals surface area contributed by atoms with Crippen LogP contribution in [-0.2, 0) is 19.2 Å². The third-order valence-corrected chi connectivity index (χ3v) is 4.56. The van der Waals surface area contributed by atoms with E-state index in [0.717, 1.165) is 60.6 Å². The lowest BCUT2D eigenvalue weighted by atomic mass is 10.1. The molecule has 0 radical (unpaired) electrons. The van der Waals surface area contributed by atoms with E-state index in [1.807, 2.05) is 0 Å². The highest BCUT2D eigenvalue weighted by Gasteiger charge is 2.15. The van der Waals surface area contributed by atoms with Crippen molar-refractivity contribution in [3.05, 3.63) is 0 Å². The van der Waals surface area contributed by atoms with Crippen molar-refractivity contribution >= 4 is 34.3 Å². The summed E-state index contributed by atoms with van der Waals surface area (Å²) in [6, 6.07) is -0.544. The summed E-state index contributed by atoms with van der Waals surface area (Å²) in [6.07, 6.45) is 5.82. The molecule has 196 valence electrons. The van der Waals surface area contributed by atoms with Gasteiger partial charge in [0.15, 0.2) is 5.78 Å². The molecule has 0 aliphatic heterocycles. The summed E-state index contributed by atoms with van der Waals surface area (Å²) in [5.74, 6) is 0.0116. The molecule has 3 N–H and O–H groups in total. The third kappa shape index (κ3) is 35.4. The Morgan fingerprint density at radius 1 is 0.727 bits per heavy atom. The monoisotopic (exact) mass is 494 g/mol. The van der Waals surface area contributed by atoms with Crippen LogP contribution in [0, 0.1) is 0 Å². The van der Waals surface area contributed by atoms with Crippen LogP contribution in [0.2, 0.25) is 0 Å². The number of Topliss-reactive ketones (excluding diaryl/α,β-unsaturated/α-hetero) is 2. The number of amides is 1. The van der Waals surface area contributed by atoms with Crippen LogP contribution in [0.25, 0.3) is 0 Å². The van der Waals surface area contributed by atoms with Gasteiger partial charge in [-0.3, -0.25) is 19.2 Å². The fraction of sp³-hybridized carbons (Fsp3) is 0.833. The SMILES string of the molecule is CC(=O)C(N)CCCC[N+](C)(C)C.CC(=O)Cl.CC(=O)NC(CCCC[N+](C)(C)C)C(C)=O. The highest BCUT2D eigenvalue weighted by molar-refractivity contribution is 6.62. The highest BCUT2D eigenvalue weighted by atomic mass is 35.5. The molecule has 33 heavy (non-hydrogen) atoms. The summed E-state index contributed by atoms with van der Waals surface area (Å²) in [4.78, 5) is 42.2. The number of hydrogen-bond acceptors (Lipinski definition) is 5. The molecule has 0 fully saturated rings. The number of carbonyl (C=O) groups is 4. The molecule has 8 nitrogen and oxygen atoms in total. The van der Waals surface area contributed by atoms with Crippen molar-refractivity contribution in [2.24, 2.45) is 5.73 Å². The quantitative estimate of drug-likeness (QED) is 0.232. The number of nitrogens with two attached hydrogens (primary N) is 1. The molecular formula is C24H51ClN4O4+2. The minimum Gasteiger partial charge on any atom is -0.347 e. The van der Waals surface area contributed by atoms with Crippen molar-refractivity contribution in [3.8, 4) is 0 Å². The molecule has 0 aromatic carbocycles. The predicted molar refractivity (Wildman–Crippen MR) is 137 cm³/mol. The van der Waals surface area contributed by atoms with Crippen LogP contribution < -0.4 is 11.1 Å². The van der Waals surface area contributed by atoms with Gasteiger partial charge in [0, 0.05) is 13.8 Å². The fourth-order valence-corrected chi connectivity index (χ4v) is 2.71. The second kappa shape index (κ2) is 19.0. The number of carbonyl (C=O) groups excluding carboxylic acids is 4. The lowest BCUT2D eigenvalue weighted by Gasteiger charge is -2.24. The van der Waals surface area contributed by atoms with Crippen LogP contribution in [0.5, 0.6) is 0 Å². The predicted octanol–water partition coefficient (Wildman–Crippen LogP) is 2.51. The van der Waals surface area contributed by atoms with Gasteiger partial charge in [-0.25, -0.2) is 0 Å². The van der Waals surface area contributed by atoms with Crippen molar-refractivity contribution in [1.82, 2.24) is 5.32 Å². The van der Waals surface area contributed by atoms with Gasteiger partial charge < -0.3 is 20.0 Å². The number of halogens is 1. The topological polar surface area (TPSA) is 106 Å². The molecule has 0 saturated carbocycles. The largest absolute Gasteiger partial charge is 0.347 e. The van der Waals surface area contributed by atoms with Crippen LogP contribution in [0.1, 0.15) is 66.2 Å². The van der Waals surface area contributed by atoms with Crippen molar-refractivity contribution < 1.29 is 28.1 Å². The zero-order valence-electron chi connectivity index (χ0n) is 22.8. The standard InChI is InChI=1S/C12H24N2O2.C10H23N2O.C2H3ClO/c1-10(15)12(13-11(2)16)8-6-7-9-14(3,4)5;1-9(13)10(11)7-5-6-8-12(2,3)4;1-2(3)4/h12H,6-9H2,1-5H3;10H,5-8,11H2,1-4H3;1H3/q;+1;/p+1. The number of nitrogens with one attached hydrogen (secondary N) is 1. The Bertz CT molecular complexity index is 580. The molecule has 2 atom stereocenters. The average molecular weight is 495 g/mol. The number of quaternary nitrogens is 2. The highest BCUT2D eigenvalue weighted by Crippen LogP contribution is 2.05. The molecular weight excluding hydrogens is 444 g/mol. The van der Waals surface area contributed by atoms with Crippen molar-refractivity contribution in [2.75, 3.05) is 55.4 Å². The molecule has 2 unspecified atom stereocenters. The van der Waals surface area contributed by atoms with Crippen molar-refractivity contribution in [1.29, 1.82) is 0 Å². The molecule has 9 heteroatoms. The molecule has 0 saturated heterocycles. The number of nitrogens with zero attached hydrogens (tertiary/aromatic N) is 2. The van der Waals surface area contributed by atoms with Gasteiger partial charge in [-0.05, 0) is 64.0 Å². The molecule has 0 aliphatic rings. The second-order valence-corrected chi connectivity index (χ2v) is 11.1. The van der Waals surface area contributed by atoms with Gasteiger partial charge in [0.1, 0.15) is 5.78 Å². The first-order chi connectivity index (χ1) is 14.8. The van der Waals surface area contributed by atoms with E-state index in [9.17, 15) is 19.2 Å². The van der Waals surface area contributed by atoms with E-state index >= 15 is 0 Å². The van der Waals surface area contributed by atoms with E-state index in [0.29, 0.717) is 0 Å². The molecule has 0 aliphatic carbocycles. The zero-order chi connectivity index (χ0) is 26.8. The van der Waals surface area contributed by atoms with Gasteiger partial charge in [0.25, 0.3) is 0 Å².